The summed E-state index contributed by atoms with van der Waals surface area (Å²) in [7, 11) is 2.16. The normalized spacial score (nSPS) is 16.7. The molecule has 29 heavy (non-hydrogen) atoms. The summed E-state index contributed by atoms with van der Waals surface area (Å²) in [4.78, 5) is 20.7. The van der Waals surface area contributed by atoms with Gasteiger partial charge in [-0.3, -0.25) is 14.9 Å². The Balaban J connectivity index is 0.00000150. The topological polar surface area (TPSA) is 114 Å². The first-order valence-corrected chi connectivity index (χ1v) is 9.32. The van der Waals surface area contributed by atoms with Crippen molar-refractivity contribution in [3.8, 4) is 11.3 Å². The lowest BCUT2D eigenvalue weighted by Gasteiger charge is -2.33. The molecule has 0 unspecified atom stereocenters. The van der Waals surface area contributed by atoms with Crippen molar-refractivity contribution >= 4 is 29.3 Å². The van der Waals surface area contributed by atoms with Gasteiger partial charge in [0.05, 0.1) is 11.2 Å². The van der Waals surface area contributed by atoms with Gasteiger partial charge in [0, 0.05) is 62.1 Å². The summed E-state index contributed by atoms with van der Waals surface area (Å²) < 4.78 is 0. The van der Waals surface area contributed by atoms with Crippen LogP contribution in [0.25, 0.3) is 22.3 Å². The number of aromatic nitrogens is 4. The van der Waals surface area contributed by atoms with Crippen LogP contribution in [0.4, 0.5) is 5.82 Å². The second-order valence-corrected chi connectivity index (χ2v) is 7.13. The zero-order chi connectivity index (χ0) is 18.8. The van der Waals surface area contributed by atoms with E-state index in [1.54, 1.807) is 12.4 Å². The van der Waals surface area contributed by atoms with E-state index in [0.717, 1.165) is 65.5 Å². The minimum absolute atomic E-state index is 0. The van der Waals surface area contributed by atoms with Gasteiger partial charge in [-0.25, -0.2) is 9.97 Å². The third-order valence-corrected chi connectivity index (χ3v) is 5.24. The van der Waals surface area contributed by atoms with Crippen LogP contribution in [0.1, 0.15) is 11.3 Å². The van der Waals surface area contributed by atoms with Crippen molar-refractivity contribution in [3.63, 3.8) is 0 Å². The fraction of sp³-hybridized carbons (Fsp3) is 0.400. The van der Waals surface area contributed by atoms with Gasteiger partial charge in [0.25, 0.3) is 0 Å². The largest absolute Gasteiger partial charge is 0.367 e. The van der Waals surface area contributed by atoms with Crippen molar-refractivity contribution in [2.75, 3.05) is 38.5 Å². The van der Waals surface area contributed by atoms with Crippen molar-refractivity contribution in [1.82, 2.24) is 36.3 Å². The number of piperazine rings is 1. The van der Waals surface area contributed by atoms with E-state index in [0.29, 0.717) is 6.04 Å². The first-order chi connectivity index (χ1) is 13.1. The third kappa shape index (κ3) is 4.97. The Morgan fingerprint density at radius 2 is 1.97 bits per heavy atom. The Morgan fingerprint density at radius 1 is 1.17 bits per heavy atom. The third-order valence-electron chi connectivity index (χ3n) is 5.24. The van der Waals surface area contributed by atoms with E-state index in [-0.39, 0.29) is 18.6 Å². The molecule has 1 aliphatic rings. The van der Waals surface area contributed by atoms with Gasteiger partial charge >= 0.3 is 0 Å². The fourth-order valence-corrected chi connectivity index (χ4v) is 3.33. The molecular weight excluding hydrogens is 388 g/mol. The monoisotopic (exact) mass is 416 g/mol. The zero-order valence-electron chi connectivity index (χ0n) is 17.1. The van der Waals surface area contributed by atoms with Gasteiger partial charge in [-0.1, -0.05) is 0 Å². The summed E-state index contributed by atoms with van der Waals surface area (Å²) >= 11 is 0. The standard InChI is InChI=1S/C20H25N7.ClH.H3N/c1-13-8-15(10-24-14(13)2)17-9-18-19(23-5-4-22-18)20(26-17)25-12-16-11-21-6-7-27(16)3;;/h4-5,8-10,16,21H,6-7,11-12H2,1-3H3,(H,25,26);1H;1H3/t16-;;/m1../s1. The fourth-order valence-electron chi connectivity index (χ4n) is 3.33. The highest BCUT2D eigenvalue weighted by molar-refractivity contribution is 5.88. The minimum atomic E-state index is 0. The molecule has 0 spiro atoms. The molecule has 4 rings (SSSR count). The van der Waals surface area contributed by atoms with Crippen LogP contribution in [0.3, 0.4) is 0 Å². The Bertz CT molecular complexity index is 964. The second kappa shape index (κ2) is 9.89. The van der Waals surface area contributed by atoms with Gasteiger partial charge in [0.2, 0.25) is 0 Å². The van der Waals surface area contributed by atoms with Gasteiger partial charge in [0.1, 0.15) is 5.52 Å². The first-order valence-electron chi connectivity index (χ1n) is 9.32. The number of aryl methyl sites for hydroxylation is 2. The van der Waals surface area contributed by atoms with Gasteiger partial charge in [-0.2, -0.15) is 0 Å². The highest BCUT2D eigenvalue weighted by Gasteiger charge is 2.19. The highest BCUT2D eigenvalue weighted by atomic mass is 35.5. The molecule has 0 bridgehead atoms. The lowest BCUT2D eigenvalue weighted by atomic mass is 10.1. The van der Waals surface area contributed by atoms with Crippen LogP contribution < -0.4 is 16.8 Å². The molecule has 1 fully saturated rings. The van der Waals surface area contributed by atoms with E-state index in [2.05, 4.69) is 50.5 Å². The molecule has 1 atom stereocenters. The predicted molar refractivity (Wildman–Crippen MR) is 120 cm³/mol. The molecule has 0 aliphatic carbocycles. The van der Waals surface area contributed by atoms with Crippen molar-refractivity contribution in [3.05, 3.63) is 42.0 Å². The van der Waals surface area contributed by atoms with Crippen LogP contribution in [-0.2, 0) is 0 Å². The molecule has 0 aromatic carbocycles. The number of nitrogens with one attached hydrogen (secondary N) is 2. The molecule has 0 saturated carbocycles. The number of likely N-dealkylation sites (N-methyl/N-ethyl adjacent to an activating group) is 1. The van der Waals surface area contributed by atoms with Crippen LogP contribution in [0, 0.1) is 13.8 Å². The lowest BCUT2D eigenvalue weighted by Crippen LogP contribution is -2.52. The summed E-state index contributed by atoms with van der Waals surface area (Å²) in [6, 6.07) is 4.52. The molecular formula is C20H29ClN8. The summed E-state index contributed by atoms with van der Waals surface area (Å²) in [5.74, 6) is 0.771. The van der Waals surface area contributed by atoms with Crippen molar-refractivity contribution < 1.29 is 0 Å². The van der Waals surface area contributed by atoms with Crippen LogP contribution in [0.5, 0.6) is 0 Å². The second-order valence-electron chi connectivity index (χ2n) is 7.13. The number of hydrogen-bond donors (Lipinski definition) is 3. The Morgan fingerprint density at radius 3 is 2.72 bits per heavy atom. The van der Waals surface area contributed by atoms with Crippen molar-refractivity contribution in [2.45, 2.75) is 19.9 Å². The van der Waals surface area contributed by atoms with Crippen molar-refractivity contribution in [1.29, 1.82) is 0 Å². The number of hydrogen-bond acceptors (Lipinski definition) is 8. The average molecular weight is 417 g/mol. The molecule has 3 aromatic heterocycles. The van der Waals surface area contributed by atoms with E-state index in [1.165, 1.54) is 0 Å². The molecule has 8 nitrogen and oxygen atoms in total. The smallest absolute Gasteiger partial charge is 0.154 e. The van der Waals surface area contributed by atoms with Gasteiger partial charge in [-0.05, 0) is 38.6 Å². The number of fused-ring (bicyclic) bond motifs is 1. The predicted octanol–water partition coefficient (Wildman–Crippen LogP) is 2.60. The molecule has 5 N–H and O–H groups in total. The van der Waals surface area contributed by atoms with E-state index < -0.39 is 0 Å². The molecule has 3 aromatic rings. The number of nitrogens with zero attached hydrogens (tertiary/aromatic N) is 5. The maximum Gasteiger partial charge on any atom is 0.154 e. The number of rotatable bonds is 4. The minimum Gasteiger partial charge on any atom is -0.367 e. The van der Waals surface area contributed by atoms with Gasteiger partial charge in [-0.15, -0.1) is 12.4 Å². The molecule has 1 saturated heterocycles. The SMILES string of the molecule is Cc1cc(-c2cc3nccnc3c(NC[C@H]3CNCCN3C)n2)cnc1C.Cl.N. The number of anilines is 1. The first kappa shape index (κ1) is 22.9. The quantitative estimate of drug-likeness (QED) is 0.594. The van der Waals surface area contributed by atoms with E-state index in [9.17, 15) is 0 Å². The zero-order valence-corrected chi connectivity index (χ0v) is 18.0. The maximum absolute atomic E-state index is 4.86. The number of pyridine rings is 2. The molecule has 0 amide bonds. The molecule has 4 heterocycles. The summed E-state index contributed by atoms with van der Waals surface area (Å²) in [6.45, 7) is 7.94. The summed E-state index contributed by atoms with van der Waals surface area (Å²) in [5, 5.41) is 6.96. The summed E-state index contributed by atoms with van der Waals surface area (Å²) in [5.41, 5.74) is 5.66. The van der Waals surface area contributed by atoms with Gasteiger partial charge < -0.3 is 16.8 Å². The number of halogens is 1. The van der Waals surface area contributed by atoms with Crippen LogP contribution in [0.2, 0.25) is 0 Å². The Kier molecular flexibility index (Phi) is 7.80. The average Bonchev–Trinajstić information content (AvgIpc) is 2.69. The summed E-state index contributed by atoms with van der Waals surface area (Å²) in [6.07, 6.45) is 5.30. The van der Waals surface area contributed by atoms with Crippen LogP contribution in [-0.4, -0.2) is 64.1 Å². The molecule has 1 aliphatic heterocycles. The van der Waals surface area contributed by atoms with E-state index >= 15 is 0 Å². The lowest BCUT2D eigenvalue weighted by molar-refractivity contribution is 0.209. The Hall–Kier alpha value is -2.39. The van der Waals surface area contributed by atoms with E-state index in [1.807, 2.05) is 19.2 Å². The van der Waals surface area contributed by atoms with Crippen LogP contribution in [0.15, 0.2) is 30.7 Å². The molecule has 9 heteroatoms. The Labute approximate surface area is 177 Å². The van der Waals surface area contributed by atoms with Crippen LogP contribution >= 0.6 is 12.4 Å². The van der Waals surface area contributed by atoms with Gasteiger partial charge in [0.15, 0.2) is 5.82 Å². The highest BCUT2D eigenvalue weighted by Crippen LogP contribution is 2.26. The maximum atomic E-state index is 4.86. The molecule has 0 radical (unpaired) electrons. The van der Waals surface area contributed by atoms with E-state index in [4.69, 9.17) is 4.98 Å². The van der Waals surface area contributed by atoms with Crippen molar-refractivity contribution in [2.24, 2.45) is 0 Å². The molecule has 156 valence electrons.